The van der Waals surface area contributed by atoms with Crippen LogP contribution in [0.1, 0.15) is 58.4 Å². The van der Waals surface area contributed by atoms with Crippen molar-refractivity contribution < 1.29 is 0 Å². The maximum Gasteiger partial charge on any atom is 0.137 e. The molecule has 3 aliphatic rings. The average Bonchev–Trinajstić information content (AvgIpc) is 3.76. The molecule has 0 bridgehead atoms. The highest BCUT2D eigenvalue weighted by atomic mass is 15.1. The van der Waals surface area contributed by atoms with Gasteiger partial charge in [0.1, 0.15) is 5.82 Å². The van der Waals surface area contributed by atoms with E-state index in [1.807, 2.05) is 30.7 Å². The minimum Gasteiger partial charge on any atom is -0.294 e. The van der Waals surface area contributed by atoms with E-state index in [0.29, 0.717) is 0 Å². The average molecular weight is 702 g/mol. The van der Waals surface area contributed by atoms with Crippen molar-refractivity contribution in [3.63, 3.8) is 0 Å². The summed E-state index contributed by atoms with van der Waals surface area (Å²) in [5.74, 6) is 0.898. The lowest BCUT2D eigenvalue weighted by atomic mass is 9.65. The zero-order chi connectivity index (χ0) is 36.5. The summed E-state index contributed by atoms with van der Waals surface area (Å²) in [5.41, 5.74) is 19.9. The Morgan fingerprint density at radius 1 is 0.455 bits per heavy atom. The van der Waals surface area contributed by atoms with Gasteiger partial charge in [0, 0.05) is 34.8 Å². The Hall–Kier alpha value is -6.84. The lowest BCUT2D eigenvalue weighted by molar-refractivity contribution is 0.660. The molecule has 3 heterocycles. The van der Waals surface area contributed by atoms with E-state index in [9.17, 15) is 0 Å². The Kier molecular flexibility index (Phi) is 6.05. The van der Waals surface area contributed by atoms with Crippen molar-refractivity contribution >= 4 is 34.0 Å². The zero-order valence-corrected chi connectivity index (χ0v) is 30.6. The Bertz CT molecular complexity index is 3130. The van der Waals surface area contributed by atoms with E-state index in [0.717, 1.165) is 27.6 Å². The first kappa shape index (κ1) is 30.6. The fraction of sp³-hybridized carbons (Fsp3) is 0.0769. The molecule has 1 spiro atoms. The molecule has 0 amide bonds. The van der Waals surface area contributed by atoms with Gasteiger partial charge in [-0.25, -0.2) is 4.98 Å². The molecule has 0 N–H and O–H groups in total. The largest absolute Gasteiger partial charge is 0.294 e. The predicted octanol–water partition coefficient (Wildman–Crippen LogP) is 12.4. The van der Waals surface area contributed by atoms with E-state index in [4.69, 9.17) is 4.98 Å². The van der Waals surface area contributed by atoms with Crippen LogP contribution in [0.5, 0.6) is 0 Å². The van der Waals surface area contributed by atoms with E-state index in [2.05, 4.69) is 169 Å². The summed E-state index contributed by atoms with van der Waals surface area (Å²) in [4.78, 5) is 9.29. The first-order valence-electron chi connectivity index (χ1n) is 19.1. The van der Waals surface area contributed by atoms with Crippen LogP contribution in [0.2, 0.25) is 0 Å². The van der Waals surface area contributed by atoms with Gasteiger partial charge in [0.15, 0.2) is 0 Å². The molecule has 0 aliphatic heterocycles. The number of aromatic nitrogens is 3. The smallest absolute Gasteiger partial charge is 0.137 e. The van der Waals surface area contributed by atoms with Crippen LogP contribution in [-0.4, -0.2) is 14.5 Å². The molecule has 1 unspecified atom stereocenters. The highest BCUT2D eigenvalue weighted by Crippen LogP contribution is 2.62. The van der Waals surface area contributed by atoms with Gasteiger partial charge < -0.3 is 0 Å². The number of benzene rings is 6. The third-order valence-electron chi connectivity index (χ3n) is 12.8. The highest BCUT2D eigenvalue weighted by Gasteiger charge is 2.50. The number of pyridine rings is 2. The molecular formula is C52H35N3. The minimum atomic E-state index is -0.531. The molecule has 0 radical (unpaired) electrons. The third-order valence-corrected chi connectivity index (χ3v) is 12.8. The van der Waals surface area contributed by atoms with Gasteiger partial charge >= 0.3 is 0 Å². The standard InChI is InChI=1S/C52H35N3/c1-51(2)43-15-7-4-12-36(43)38-30-47-39(29-46(38)51)37-13-5-8-16-44(37)52(47)42-14-6-3-11-32(42)18-19-33-20-21-35(28-45(33)52)34-22-23-48-40(27-34)41-31-53-26-24-49(41)55(48)50-17-9-10-25-54-50/h3-31H,1-2H3. The van der Waals surface area contributed by atoms with Crippen molar-refractivity contribution in [3.8, 4) is 39.2 Å². The summed E-state index contributed by atoms with van der Waals surface area (Å²) >= 11 is 0. The topological polar surface area (TPSA) is 30.7 Å². The summed E-state index contributed by atoms with van der Waals surface area (Å²) in [6.45, 7) is 4.77. The molecule has 0 fully saturated rings. The second kappa shape index (κ2) is 10.9. The molecule has 3 nitrogen and oxygen atoms in total. The number of hydrogen-bond acceptors (Lipinski definition) is 2. The van der Waals surface area contributed by atoms with Crippen LogP contribution in [0, 0.1) is 0 Å². The van der Waals surface area contributed by atoms with Gasteiger partial charge in [-0.2, -0.15) is 0 Å². The lowest BCUT2D eigenvalue weighted by Gasteiger charge is -2.36. The van der Waals surface area contributed by atoms with Gasteiger partial charge in [0.25, 0.3) is 0 Å². The molecule has 3 heteroatoms. The van der Waals surface area contributed by atoms with E-state index < -0.39 is 5.41 Å². The van der Waals surface area contributed by atoms with Crippen molar-refractivity contribution in [2.75, 3.05) is 0 Å². The van der Waals surface area contributed by atoms with Gasteiger partial charge in [-0.3, -0.25) is 9.55 Å². The normalized spacial score (nSPS) is 16.7. The molecule has 0 saturated heterocycles. The van der Waals surface area contributed by atoms with Gasteiger partial charge in [0.05, 0.1) is 16.4 Å². The second-order valence-corrected chi connectivity index (χ2v) is 15.8. The van der Waals surface area contributed by atoms with Crippen LogP contribution in [-0.2, 0) is 10.8 Å². The fourth-order valence-corrected chi connectivity index (χ4v) is 10.3. The Labute approximate surface area is 319 Å². The maximum absolute atomic E-state index is 4.73. The summed E-state index contributed by atoms with van der Waals surface area (Å²) in [7, 11) is 0. The van der Waals surface area contributed by atoms with E-state index in [-0.39, 0.29) is 5.41 Å². The third kappa shape index (κ3) is 3.94. The van der Waals surface area contributed by atoms with Crippen molar-refractivity contribution in [2.24, 2.45) is 0 Å². The van der Waals surface area contributed by atoms with Crippen molar-refractivity contribution in [1.82, 2.24) is 14.5 Å². The summed E-state index contributed by atoms with van der Waals surface area (Å²) in [6, 6.07) is 54.4. The van der Waals surface area contributed by atoms with E-state index >= 15 is 0 Å². The van der Waals surface area contributed by atoms with Crippen LogP contribution >= 0.6 is 0 Å². The SMILES string of the molecule is CC1(C)c2ccccc2-c2cc3c(cc21)-c1ccccc1C31c2ccccc2C=Cc2ccc(-c3ccc4c(c3)c3cnccc3n4-c3ccccn3)cc21. The summed E-state index contributed by atoms with van der Waals surface area (Å²) in [6.07, 6.45) is 10.4. The molecular weight excluding hydrogens is 667 g/mol. The molecule has 9 aromatic rings. The molecule has 3 aromatic heterocycles. The van der Waals surface area contributed by atoms with E-state index in [1.165, 1.54) is 77.9 Å². The van der Waals surface area contributed by atoms with Crippen LogP contribution < -0.4 is 0 Å². The summed E-state index contributed by atoms with van der Waals surface area (Å²) in [5, 5.41) is 2.28. The number of fused-ring (bicyclic) bond motifs is 15. The molecule has 258 valence electrons. The molecule has 55 heavy (non-hydrogen) atoms. The molecule has 6 aromatic carbocycles. The predicted molar refractivity (Wildman–Crippen MR) is 226 cm³/mol. The van der Waals surface area contributed by atoms with Gasteiger partial charge in [-0.05, 0) is 126 Å². The Balaban J connectivity index is 1.15. The van der Waals surface area contributed by atoms with Gasteiger partial charge in [-0.1, -0.05) is 123 Å². The highest BCUT2D eigenvalue weighted by molar-refractivity contribution is 6.10. The monoisotopic (exact) mass is 701 g/mol. The molecule has 0 saturated carbocycles. The quantitative estimate of drug-likeness (QED) is 0.180. The zero-order valence-electron chi connectivity index (χ0n) is 30.6. The van der Waals surface area contributed by atoms with Crippen LogP contribution in [0.4, 0.5) is 0 Å². The Morgan fingerprint density at radius 2 is 1.11 bits per heavy atom. The first-order chi connectivity index (χ1) is 27.0. The lowest BCUT2D eigenvalue weighted by Crippen LogP contribution is -2.30. The van der Waals surface area contributed by atoms with Gasteiger partial charge in [0.2, 0.25) is 0 Å². The second-order valence-electron chi connectivity index (χ2n) is 15.8. The summed E-state index contributed by atoms with van der Waals surface area (Å²) < 4.78 is 2.24. The van der Waals surface area contributed by atoms with Crippen molar-refractivity contribution in [2.45, 2.75) is 24.7 Å². The van der Waals surface area contributed by atoms with Crippen molar-refractivity contribution in [1.29, 1.82) is 0 Å². The Morgan fingerprint density at radius 3 is 1.95 bits per heavy atom. The minimum absolute atomic E-state index is 0.0898. The molecule has 3 aliphatic carbocycles. The maximum atomic E-state index is 4.73. The van der Waals surface area contributed by atoms with Crippen LogP contribution in [0.15, 0.2) is 164 Å². The van der Waals surface area contributed by atoms with Crippen LogP contribution in [0.25, 0.3) is 73.2 Å². The number of rotatable bonds is 2. The number of hydrogen-bond donors (Lipinski definition) is 0. The first-order valence-corrected chi connectivity index (χ1v) is 19.1. The van der Waals surface area contributed by atoms with Crippen molar-refractivity contribution in [3.05, 3.63) is 209 Å². The van der Waals surface area contributed by atoms with E-state index in [1.54, 1.807) is 0 Å². The molecule has 12 rings (SSSR count). The molecule has 1 atom stereocenters. The van der Waals surface area contributed by atoms with Gasteiger partial charge in [-0.15, -0.1) is 0 Å². The fourth-order valence-electron chi connectivity index (χ4n) is 10.3. The number of nitrogens with zero attached hydrogens (tertiary/aromatic N) is 3. The van der Waals surface area contributed by atoms with Crippen LogP contribution in [0.3, 0.4) is 0 Å².